The van der Waals surface area contributed by atoms with Gasteiger partial charge in [0.15, 0.2) is 23.0 Å². The van der Waals surface area contributed by atoms with Crippen LogP contribution in [0.1, 0.15) is 11.1 Å². The Morgan fingerprint density at radius 2 is 2.04 bits per heavy atom. The minimum absolute atomic E-state index is 0.00651. The van der Waals surface area contributed by atoms with Crippen molar-refractivity contribution in [2.75, 3.05) is 12.4 Å². The number of hydrogen-bond donors (Lipinski definition) is 2. The van der Waals surface area contributed by atoms with Crippen LogP contribution in [0.3, 0.4) is 0 Å². The first-order valence-electron chi connectivity index (χ1n) is 8.06. The molecule has 3 aromatic rings. The van der Waals surface area contributed by atoms with Crippen LogP contribution >= 0.6 is 15.9 Å². The van der Waals surface area contributed by atoms with E-state index in [1.807, 2.05) is 25.1 Å². The quantitative estimate of drug-likeness (QED) is 0.486. The Kier molecular flexibility index (Phi) is 4.41. The number of anilines is 2. The summed E-state index contributed by atoms with van der Waals surface area (Å²) in [4.78, 5) is 12.9. The summed E-state index contributed by atoms with van der Waals surface area (Å²) in [5.74, 6) is 1.62. The van der Waals surface area contributed by atoms with Gasteiger partial charge >= 0.3 is 0 Å². The summed E-state index contributed by atoms with van der Waals surface area (Å²) < 4.78 is 12.1. The fraction of sp³-hybridized carbons (Fsp3) is 0.105. The van der Waals surface area contributed by atoms with Gasteiger partial charge in [0.25, 0.3) is 5.88 Å². The van der Waals surface area contributed by atoms with E-state index in [0.717, 1.165) is 15.7 Å². The van der Waals surface area contributed by atoms with Crippen LogP contribution in [0.15, 0.2) is 46.1 Å². The maximum absolute atomic E-state index is 9.99. The van der Waals surface area contributed by atoms with E-state index in [1.165, 1.54) is 19.5 Å². The Labute approximate surface area is 163 Å². The number of hydrogen-bond acceptors (Lipinski definition) is 7. The molecule has 2 heterocycles. The fourth-order valence-electron chi connectivity index (χ4n) is 2.66. The van der Waals surface area contributed by atoms with Crippen molar-refractivity contribution in [2.45, 2.75) is 6.92 Å². The number of aryl methyl sites for hydroxylation is 1. The molecule has 4 rings (SSSR count). The average molecular weight is 427 g/mol. The monoisotopic (exact) mass is 426 g/mol. The highest BCUT2D eigenvalue weighted by atomic mass is 79.9. The normalized spacial score (nSPS) is 11.8. The standard InChI is InChI=1S/C19H15BrN4O3/c1-10-5-12(3-4-13(10)20)24-18-17-19(23-9-22-18)27-15-7-16(26-2)14(25)6-11(15)8-21-17/h3-9,25H,1-2H3,(H,22,23,24). The third-order valence-corrected chi connectivity index (χ3v) is 4.95. The number of phenols is 1. The van der Waals surface area contributed by atoms with E-state index in [9.17, 15) is 5.11 Å². The predicted molar refractivity (Wildman–Crippen MR) is 106 cm³/mol. The Bertz CT molecular complexity index is 1070. The molecular formula is C19H15BrN4O3. The first-order valence-corrected chi connectivity index (χ1v) is 8.85. The highest BCUT2D eigenvalue weighted by Gasteiger charge is 2.19. The van der Waals surface area contributed by atoms with E-state index in [0.29, 0.717) is 34.4 Å². The van der Waals surface area contributed by atoms with Gasteiger partial charge in [-0.25, -0.2) is 9.98 Å². The molecule has 2 N–H and O–H groups in total. The first kappa shape index (κ1) is 17.3. The van der Waals surface area contributed by atoms with Gasteiger partial charge in [0.1, 0.15) is 12.1 Å². The van der Waals surface area contributed by atoms with E-state index in [-0.39, 0.29) is 5.75 Å². The zero-order valence-corrected chi connectivity index (χ0v) is 16.1. The van der Waals surface area contributed by atoms with Gasteiger partial charge in [-0.2, -0.15) is 4.98 Å². The molecule has 0 aliphatic carbocycles. The summed E-state index contributed by atoms with van der Waals surface area (Å²) in [5.41, 5.74) is 3.03. The Hall–Kier alpha value is -3.13. The predicted octanol–water partition coefficient (Wildman–Crippen LogP) is 4.86. The molecule has 136 valence electrons. The molecule has 0 spiro atoms. The van der Waals surface area contributed by atoms with Crippen molar-refractivity contribution in [2.24, 2.45) is 4.99 Å². The summed E-state index contributed by atoms with van der Waals surface area (Å²) in [7, 11) is 1.48. The third-order valence-electron chi connectivity index (χ3n) is 4.06. The van der Waals surface area contributed by atoms with Crippen LogP contribution in [0.5, 0.6) is 23.1 Å². The van der Waals surface area contributed by atoms with Gasteiger partial charge in [-0.15, -0.1) is 0 Å². The molecule has 0 bridgehead atoms. The Morgan fingerprint density at radius 1 is 1.19 bits per heavy atom. The average Bonchev–Trinajstić information content (AvgIpc) is 2.83. The number of fused-ring (bicyclic) bond motifs is 2. The molecule has 0 saturated carbocycles. The van der Waals surface area contributed by atoms with Gasteiger partial charge in [-0.1, -0.05) is 15.9 Å². The van der Waals surface area contributed by atoms with E-state index >= 15 is 0 Å². The summed E-state index contributed by atoms with van der Waals surface area (Å²) in [6.07, 6.45) is 3.01. The number of aliphatic imine (C=N–C) groups is 1. The highest BCUT2D eigenvalue weighted by Crippen LogP contribution is 2.42. The second kappa shape index (κ2) is 6.88. The molecule has 0 amide bonds. The fourth-order valence-corrected chi connectivity index (χ4v) is 2.91. The van der Waals surface area contributed by atoms with E-state index < -0.39 is 0 Å². The maximum atomic E-state index is 9.99. The van der Waals surface area contributed by atoms with Crippen LogP contribution in [-0.4, -0.2) is 28.4 Å². The molecule has 1 aliphatic heterocycles. The molecule has 0 fully saturated rings. The van der Waals surface area contributed by atoms with Crippen molar-refractivity contribution in [3.8, 4) is 23.1 Å². The van der Waals surface area contributed by atoms with E-state index in [2.05, 4.69) is 36.2 Å². The lowest BCUT2D eigenvalue weighted by molar-refractivity contribution is 0.369. The molecule has 7 nitrogen and oxygen atoms in total. The zero-order chi connectivity index (χ0) is 19.0. The van der Waals surface area contributed by atoms with Gasteiger partial charge < -0.3 is 19.9 Å². The molecular weight excluding hydrogens is 412 g/mol. The minimum atomic E-state index is 0.00651. The molecule has 27 heavy (non-hydrogen) atoms. The van der Waals surface area contributed by atoms with Crippen molar-refractivity contribution in [1.29, 1.82) is 0 Å². The molecule has 2 aromatic carbocycles. The summed E-state index contributed by atoms with van der Waals surface area (Å²) >= 11 is 3.49. The SMILES string of the molecule is COc1cc2c(cc1O)C=Nc1c(Nc3ccc(Br)c(C)c3)ncnc1O2. The Balaban J connectivity index is 1.74. The second-order valence-electron chi connectivity index (χ2n) is 5.89. The highest BCUT2D eigenvalue weighted by molar-refractivity contribution is 9.10. The van der Waals surface area contributed by atoms with Crippen LogP contribution < -0.4 is 14.8 Å². The number of halogens is 1. The van der Waals surface area contributed by atoms with E-state index in [4.69, 9.17) is 9.47 Å². The maximum Gasteiger partial charge on any atom is 0.250 e. The van der Waals surface area contributed by atoms with Gasteiger partial charge in [-0.3, -0.25) is 0 Å². The van der Waals surface area contributed by atoms with Crippen LogP contribution in [0.4, 0.5) is 17.2 Å². The number of aromatic hydroxyl groups is 1. The van der Waals surface area contributed by atoms with Gasteiger partial charge in [0, 0.05) is 28.0 Å². The lowest BCUT2D eigenvalue weighted by Crippen LogP contribution is -1.97. The van der Waals surface area contributed by atoms with Crippen LogP contribution in [0.2, 0.25) is 0 Å². The molecule has 1 aromatic heterocycles. The number of aromatic nitrogens is 2. The zero-order valence-electron chi connectivity index (χ0n) is 14.5. The molecule has 8 heteroatoms. The number of rotatable bonds is 3. The second-order valence-corrected chi connectivity index (χ2v) is 6.74. The van der Waals surface area contributed by atoms with E-state index in [1.54, 1.807) is 12.3 Å². The number of methoxy groups -OCH3 is 1. The number of nitrogens with zero attached hydrogens (tertiary/aromatic N) is 3. The molecule has 0 atom stereocenters. The summed E-state index contributed by atoms with van der Waals surface area (Å²) in [6, 6.07) is 9.02. The summed E-state index contributed by atoms with van der Waals surface area (Å²) in [5, 5.41) is 13.2. The number of phenolic OH excluding ortho intramolecular Hbond substituents is 1. The number of ether oxygens (including phenoxy) is 2. The van der Waals surface area contributed by atoms with Gasteiger partial charge in [0.2, 0.25) is 0 Å². The molecule has 0 saturated heterocycles. The first-order chi connectivity index (χ1) is 13.0. The van der Waals surface area contributed by atoms with Crippen molar-refractivity contribution in [1.82, 2.24) is 9.97 Å². The van der Waals surface area contributed by atoms with Crippen LogP contribution in [0, 0.1) is 6.92 Å². The minimum Gasteiger partial charge on any atom is -0.504 e. The lowest BCUT2D eigenvalue weighted by Gasteiger charge is -2.12. The molecule has 0 radical (unpaired) electrons. The van der Waals surface area contributed by atoms with Crippen LogP contribution in [-0.2, 0) is 0 Å². The summed E-state index contributed by atoms with van der Waals surface area (Å²) in [6.45, 7) is 2.01. The lowest BCUT2D eigenvalue weighted by atomic mass is 10.2. The molecule has 0 unspecified atom stereocenters. The van der Waals surface area contributed by atoms with Crippen molar-refractivity contribution in [3.63, 3.8) is 0 Å². The third kappa shape index (κ3) is 3.31. The smallest absolute Gasteiger partial charge is 0.250 e. The van der Waals surface area contributed by atoms with Gasteiger partial charge in [0.05, 0.1) is 7.11 Å². The number of benzene rings is 2. The largest absolute Gasteiger partial charge is 0.504 e. The Morgan fingerprint density at radius 3 is 2.81 bits per heavy atom. The van der Waals surface area contributed by atoms with Crippen molar-refractivity contribution >= 4 is 39.3 Å². The van der Waals surface area contributed by atoms with Crippen molar-refractivity contribution < 1.29 is 14.6 Å². The molecule has 1 aliphatic rings. The van der Waals surface area contributed by atoms with Crippen LogP contribution in [0.25, 0.3) is 0 Å². The topological polar surface area (TPSA) is 88.9 Å². The van der Waals surface area contributed by atoms with Gasteiger partial charge in [-0.05, 0) is 36.8 Å². The number of nitrogens with one attached hydrogen (secondary N) is 1. The van der Waals surface area contributed by atoms with Crippen molar-refractivity contribution in [3.05, 3.63) is 52.3 Å².